The molecule has 146 valence electrons. The highest BCUT2D eigenvalue weighted by Gasteiger charge is 2.42. The van der Waals surface area contributed by atoms with Crippen LogP contribution in [0.5, 0.6) is 11.5 Å². The fourth-order valence-corrected chi connectivity index (χ4v) is 3.82. The van der Waals surface area contributed by atoms with E-state index in [4.69, 9.17) is 9.47 Å². The lowest BCUT2D eigenvalue weighted by Crippen LogP contribution is -2.38. The number of alkyl halides is 3. The maximum absolute atomic E-state index is 13.0. The Kier molecular flexibility index (Phi) is 4.99. The third kappa shape index (κ3) is 4.05. The number of nitrogens with zero attached hydrogens (tertiary/aromatic N) is 1. The van der Waals surface area contributed by atoms with Crippen LogP contribution in [0.2, 0.25) is 0 Å². The molecule has 27 heavy (non-hydrogen) atoms. The predicted octanol–water partition coefficient (Wildman–Crippen LogP) is 4.06. The van der Waals surface area contributed by atoms with Crippen molar-refractivity contribution in [2.75, 3.05) is 13.2 Å². The number of rotatable bonds is 4. The summed E-state index contributed by atoms with van der Waals surface area (Å²) in [5.41, 5.74) is 2.66. The zero-order valence-corrected chi connectivity index (χ0v) is 14.8. The minimum Gasteiger partial charge on any atom is -0.486 e. The van der Waals surface area contributed by atoms with Crippen molar-refractivity contribution in [3.05, 3.63) is 30.0 Å². The zero-order chi connectivity index (χ0) is 18.9. The number of fused-ring (bicyclic) bond motifs is 1. The minimum absolute atomic E-state index is 0.131. The Balaban J connectivity index is 1.44. The zero-order valence-electron chi connectivity index (χ0n) is 14.8. The number of aromatic nitrogens is 2. The Morgan fingerprint density at radius 2 is 1.96 bits per heavy atom. The molecule has 8 heteroatoms. The Hall–Kier alpha value is -2.22. The summed E-state index contributed by atoms with van der Waals surface area (Å²) >= 11 is 0. The molecule has 2 heterocycles. The minimum atomic E-state index is -4.10. The molecule has 0 radical (unpaired) electrons. The SMILES string of the molecule is FC(F)(F)C1CCCC(NCc2cn[nH]c2-c2ccc3c(c2)OCCO3)C1. The first-order valence-corrected chi connectivity index (χ1v) is 9.23. The van der Waals surface area contributed by atoms with Crippen LogP contribution >= 0.6 is 0 Å². The van der Waals surface area contributed by atoms with Crippen molar-refractivity contribution in [1.29, 1.82) is 0 Å². The second kappa shape index (κ2) is 7.42. The second-order valence-electron chi connectivity index (χ2n) is 7.11. The maximum Gasteiger partial charge on any atom is 0.391 e. The van der Waals surface area contributed by atoms with E-state index in [1.165, 1.54) is 0 Å². The summed E-state index contributed by atoms with van der Waals surface area (Å²) in [6.45, 7) is 1.51. The van der Waals surface area contributed by atoms with Crippen molar-refractivity contribution in [3.63, 3.8) is 0 Å². The largest absolute Gasteiger partial charge is 0.486 e. The monoisotopic (exact) mass is 381 g/mol. The van der Waals surface area contributed by atoms with Crippen molar-refractivity contribution in [3.8, 4) is 22.8 Å². The van der Waals surface area contributed by atoms with Gasteiger partial charge in [-0.15, -0.1) is 0 Å². The molecule has 2 atom stereocenters. The Bertz CT molecular complexity index is 791. The first kappa shape index (κ1) is 18.2. The van der Waals surface area contributed by atoms with Gasteiger partial charge in [0.25, 0.3) is 0 Å². The molecule has 1 aliphatic carbocycles. The summed E-state index contributed by atoms with van der Waals surface area (Å²) in [4.78, 5) is 0. The topological polar surface area (TPSA) is 59.2 Å². The van der Waals surface area contributed by atoms with E-state index in [0.29, 0.717) is 37.7 Å². The summed E-state index contributed by atoms with van der Waals surface area (Å²) in [6, 6.07) is 5.54. The maximum atomic E-state index is 13.0. The molecule has 1 aromatic heterocycles. The molecule has 0 spiro atoms. The molecular formula is C19H22F3N3O2. The van der Waals surface area contributed by atoms with Gasteiger partial charge in [-0.1, -0.05) is 6.42 Å². The summed E-state index contributed by atoms with van der Waals surface area (Å²) in [6.07, 6.45) is -0.655. The number of benzene rings is 1. The van der Waals surface area contributed by atoms with Gasteiger partial charge < -0.3 is 14.8 Å². The van der Waals surface area contributed by atoms with Crippen LogP contribution in [0.25, 0.3) is 11.3 Å². The van der Waals surface area contributed by atoms with E-state index in [0.717, 1.165) is 23.2 Å². The lowest BCUT2D eigenvalue weighted by molar-refractivity contribution is -0.183. The number of halogens is 3. The van der Waals surface area contributed by atoms with E-state index in [1.54, 1.807) is 6.20 Å². The van der Waals surface area contributed by atoms with Crippen LogP contribution in [0.1, 0.15) is 31.2 Å². The van der Waals surface area contributed by atoms with E-state index in [9.17, 15) is 13.2 Å². The number of hydrogen-bond donors (Lipinski definition) is 2. The molecule has 2 unspecified atom stereocenters. The van der Waals surface area contributed by atoms with Crippen molar-refractivity contribution in [2.45, 2.75) is 44.4 Å². The molecule has 0 amide bonds. The first-order chi connectivity index (χ1) is 13.0. The van der Waals surface area contributed by atoms with Crippen LogP contribution < -0.4 is 14.8 Å². The van der Waals surface area contributed by atoms with E-state index in [2.05, 4.69) is 15.5 Å². The third-order valence-electron chi connectivity index (χ3n) is 5.27. The van der Waals surface area contributed by atoms with Crippen LogP contribution in [0, 0.1) is 5.92 Å². The number of hydrogen-bond acceptors (Lipinski definition) is 4. The van der Waals surface area contributed by atoms with Gasteiger partial charge in [-0.05, 0) is 37.5 Å². The molecule has 2 N–H and O–H groups in total. The summed E-state index contributed by atoms with van der Waals surface area (Å²) in [5, 5.41) is 10.4. The normalized spacial score (nSPS) is 22.6. The quantitative estimate of drug-likeness (QED) is 0.839. The predicted molar refractivity (Wildman–Crippen MR) is 93.7 cm³/mol. The fourth-order valence-electron chi connectivity index (χ4n) is 3.82. The lowest BCUT2D eigenvalue weighted by Gasteiger charge is -2.31. The van der Waals surface area contributed by atoms with Gasteiger partial charge in [-0.3, -0.25) is 5.10 Å². The van der Waals surface area contributed by atoms with E-state index in [-0.39, 0.29) is 18.9 Å². The van der Waals surface area contributed by atoms with Crippen molar-refractivity contribution in [1.82, 2.24) is 15.5 Å². The molecule has 1 saturated carbocycles. The highest BCUT2D eigenvalue weighted by Crippen LogP contribution is 2.38. The fraction of sp³-hybridized carbons (Fsp3) is 0.526. The molecule has 0 bridgehead atoms. The summed E-state index contributed by atoms with van der Waals surface area (Å²) in [7, 11) is 0. The van der Waals surface area contributed by atoms with Crippen molar-refractivity contribution in [2.24, 2.45) is 5.92 Å². The highest BCUT2D eigenvalue weighted by atomic mass is 19.4. The van der Waals surface area contributed by atoms with E-state index >= 15 is 0 Å². The van der Waals surface area contributed by atoms with Gasteiger partial charge in [0, 0.05) is 23.7 Å². The van der Waals surface area contributed by atoms with Gasteiger partial charge >= 0.3 is 6.18 Å². The van der Waals surface area contributed by atoms with Gasteiger partial charge in [0.2, 0.25) is 0 Å². The average Bonchev–Trinajstić information content (AvgIpc) is 3.14. The molecule has 1 fully saturated rings. The van der Waals surface area contributed by atoms with Gasteiger partial charge in [-0.25, -0.2) is 0 Å². The van der Waals surface area contributed by atoms with Crippen LogP contribution in [-0.4, -0.2) is 35.6 Å². The van der Waals surface area contributed by atoms with Gasteiger partial charge in [-0.2, -0.15) is 18.3 Å². The van der Waals surface area contributed by atoms with E-state index < -0.39 is 12.1 Å². The Morgan fingerprint density at radius 3 is 2.78 bits per heavy atom. The van der Waals surface area contributed by atoms with Gasteiger partial charge in [0.15, 0.2) is 11.5 Å². The second-order valence-corrected chi connectivity index (χ2v) is 7.11. The van der Waals surface area contributed by atoms with Crippen LogP contribution in [0.15, 0.2) is 24.4 Å². The van der Waals surface area contributed by atoms with Gasteiger partial charge in [0.05, 0.1) is 17.8 Å². The highest BCUT2D eigenvalue weighted by molar-refractivity contribution is 5.66. The van der Waals surface area contributed by atoms with Crippen molar-refractivity contribution < 1.29 is 22.6 Å². The number of aromatic amines is 1. The number of nitrogens with one attached hydrogen (secondary N) is 2. The van der Waals surface area contributed by atoms with Crippen LogP contribution in [0.4, 0.5) is 13.2 Å². The Morgan fingerprint density at radius 1 is 1.15 bits per heavy atom. The molecule has 2 aliphatic rings. The van der Waals surface area contributed by atoms with Crippen LogP contribution in [-0.2, 0) is 6.54 Å². The first-order valence-electron chi connectivity index (χ1n) is 9.23. The standard InChI is InChI=1S/C19H22F3N3O2/c20-19(21,22)14-2-1-3-15(9-14)23-10-13-11-24-25-18(13)12-4-5-16-17(8-12)27-7-6-26-16/h4-5,8,11,14-15,23H,1-3,6-7,9-10H2,(H,24,25). The van der Waals surface area contributed by atoms with E-state index in [1.807, 2.05) is 18.2 Å². The summed E-state index contributed by atoms with van der Waals surface area (Å²) < 4.78 is 50.1. The summed E-state index contributed by atoms with van der Waals surface area (Å²) in [5.74, 6) is 0.197. The van der Waals surface area contributed by atoms with Crippen molar-refractivity contribution >= 4 is 0 Å². The number of ether oxygens (including phenoxy) is 2. The third-order valence-corrected chi connectivity index (χ3v) is 5.27. The molecule has 1 aromatic carbocycles. The smallest absolute Gasteiger partial charge is 0.391 e. The van der Waals surface area contributed by atoms with Gasteiger partial charge in [0.1, 0.15) is 13.2 Å². The van der Waals surface area contributed by atoms with Crippen LogP contribution in [0.3, 0.4) is 0 Å². The average molecular weight is 381 g/mol. The number of H-pyrrole nitrogens is 1. The molecule has 2 aromatic rings. The molecular weight excluding hydrogens is 359 g/mol. The molecule has 1 aliphatic heterocycles. The molecule has 0 saturated heterocycles. The Labute approximate surface area is 155 Å². The molecule has 4 rings (SSSR count). The molecule has 5 nitrogen and oxygen atoms in total. The lowest BCUT2D eigenvalue weighted by atomic mass is 9.85.